The van der Waals surface area contributed by atoms with Gasteiger partial charge in [0, 0.05) is 73.9 Å². The Morgan fingerprint density at radius 1 is 1.02 bits per heavy atom. The average Bonchev–Trinajstić information content (AvgIpc) is 3.89. The summed E-state index contributed by atoms with van der Waals surface area (Å²) in [6, 6.07) is 7.38. The van der Waals surface area contributed by atoms with Crippen molar-refractivity contribution in [1.82, 2.24) is 9.88 Å². The molecule has 11 atom stereocenters. The Kier molecular flexibility index (Phi) is 9.55. The van der Waals surface area contributed by atoms with Gasteiger partial charge in [-0.15, -0.1) is 0 Å². The van der Waals surface area contributed by atoms with Gasteiger partial charge in [-0.05, 0) is 79.5 Å². The number of quaternary nitrogens is 1. The third-order valence-corrected chi connectivity index (χ3v) is 15.8. The second kappa shape index (κ2) is 14.0. The Balaban J connectivity index is 1.37. The Morgan fingerprint density at radius 3 is 2.47 bits per heavy atom. The van der Waals surface area contributed by atoms with Crippen LogP contribution >= 0.6 is 0 Å². The van der Waals surface area contributed by atoms with Crippen molar-refractivity contribution in [3.05, 3.63) is 70.7 Å². The zero-order chi connectivity index (χ0) is 42.7. The summed E-state index contributed by atoms with van der Waals surface area (Å²) < 4.78 is 38.8. The van der Waals surface area contributed by atoms with E-state index < -0.39 is 63.3 Å². The van der Waals surface area contributed by atoms with E-state index in [4.69, 9.17) is 18.9 Å². The molecule has 1 aliphatic carbocycles. The summed E-state index contributed by atoms with van der Waals surface area (Å²) in [4.78, 5) is 51.7. The summed E-state index contributed by atoms with van der Waals surface area (Å²) in [7, 11) is 6.02. The molecule has 2 saturated heterocycles. The molecule has 322 valence electrons. The number of hydrogen-bond donors (Lipinski definition) is 4. The standard InChI is InChI=1S/C46H57FN4O9/c1-8-42(55)22-27-23-45(40(53)58-6,36-30(13-17-50(24-27)25-42)29-12-11-28(47)19-33(29)48-36)32-20-31-34(21-35(32)57-5)49(4)38-44(31)15-18-51-16-10-14-43(9-2,37(44)51)39(60-26(3)52)46(38,56)41(54)59-7/h10-12,14,19-21,27,37-39,48,55-56H,8-9,13,15-18,22-25H2,1-7H3/p+1/t27-,37-,38+,39+,42-,43+,44+,45-,46-/m0/s1. The molecule has 3 aromatic rings. The minimum Gasteiger partial charge on any atom is -0.496 e. The number of hydrogen-bond acceptors (Lipinski definition) is 11. The van der Waals surface area contributed by atoms with Gasteiger partial charge in [-0.25, -0.2) is 9.18 Å². The maximum Gasteiger partial charge on any atom is 0.344 e. The van der Waals surface area contributed by atoms with Crippen LogP contribution in [0, 0.1) is 17.2 Å². The number of ether oxygens (including phenoxy) is 4. The van der Waals surface area contributed by atoms with Crippen LogP contribution in [0.3, 0.4) is 0 Å². The zero-order valence-corrected chi connectivity index (χ0v) is 35.7. The first-order valence-corrected chi connectivity index (χ1v) is 21.4. The molecular weight excluding hydrogens is 772 g/mol. The Hall–Kier alpha value is -4.50. The highest BCUT2D eigenvalue weighted by atomic mass is 19.1. The number of aromatic amines is 1. The number of fused-ring (bicyclic) bond motifs is 6. The fourth-order valence-electron chi connectivity index (χ4n) is 13.8. The molecule has 1 aromatic heterocycles. The number of esters is 3. The molecule has 13 nitrogen and oxygen atoms in total. The van der Waals surface area contributed by atoms with Crippen LogP contribution in [-0.2, 0) is 45.8 Å². The van der Waals surface area contributed by atoms with Crippen molar-refractivity contribution in [3.8, 4) is 5.75 Å². The number of carbonyl (C=O) groups is 3. The normalized spacial score (nSPS) is 37.5. The fraction of sp³-hybridized carbons (Fsp3) is 0.587. The van der Waals surface area contributed by atoms with E-state index in [1.54, 1.807) is 13.2 Å². The molecule has 2 unspecified atom stereocenters. The number of methoxy groups -OCH3 is 3. The SMILES string of the molecule is CC[C@]1(O)C[C@@H]2CN(CCc3c([nH]c4cc(F)ccc34)[C@@](C(=O)OC)(c3cc4c(cc3OC)N(C)[C@H]3[C@@](O)(C(=O)OC)[C@H](OC(C)=O)[C@]5(CC)C=CC[NH+]6CC[C@]43[C@@H]65)C2)C1. The molecule has 6 aliphatic rings. The predicted molar refractivity (Wildman–Crippen MR) is 220 cm³/mol. The number of halogens is 1. The molecule has 2 aromatic carbocycles. The number of aliphatic hydroxyl groups is 2. The van der Waals surface area contributed by atoms with Gasteiger partial charge in [0.15, 0.2) is 6.10 Å². The van der Waals surface area contributed by atoms with Crippen molar-refractivity contribution >= 4 is 34.5 Å². The molecule has 3 fully saturated rings. The van der Waals surface area contributed by atoms with Gasteiger partial charge in [0.2, 0.25) is 5.60 Å². The quantitative estimate of drug-likeness (QED) is 0.158. The van der Waals surface area contributed by atoms with Crippen molar-refractivity contribution in [2.75, 3.05) is 66.0 Å². The van der Waals surface area contributed by atoms with Crippen LogP contribution in [0.15, 0.2) is 42.5 Å². The fourth-order valence-corrected chi connectivity index (χ4v) is 13.8. The average molecular weight is 830 g/mol. The number of nitrogens with zero attached hydrogens (tertiary/aromatic N) is 2. The van der Waals surface area contributed by atoms with Gasteiger partial charge >= 0.3 is 17.9 Å². The predicted octanol–water partition coefficient (Wildman–Crippen LogP) is 2.71. The third-order valence-electron chi connectivity index (χ3n) is 15.8. The molecule has 9 rings (SSSR count). The Labute approximate surface area is 349 Å². The molecule has 5 aliphatic heterocycles. The first-order chi connectivity index (χ1) is 28.6. The monoisotopic (exact) mass is 829 g/mol. The molecular formula is C46H58FN4O9+. The number of nitrogens with one attached hydrogen (secondary N) is 2. The summed E-state index contributed by atoms with van der Waals surface area (Å²) in [6.07, 6.45) is 5.61. The van der Waals surface area contributed by atoms with Crippen LogP contribution in [0.2, 0.25) is 0 Å². The van der Waals surface area contributed by atoms with Gasteiger partial charge in [-0.3, -0.25) is 14.5 Å². The molecule has 4 N–H and O–H groups in total. The summed E-state index contributed by atoms with van der Waals surface area (Å²) >= 11 is 0. The number of anilines is 1. The zero-order valence-electron chi connectivity index (χ0n) is 35.7. The van der Waals surface area contributed by atoms with E-state index in [-0.39, 0.29) is 18.4 Å². The van der Waals surface area contributed by atoms with Crippen LogP contribution < -0.4 is 14.5 Å². The number of H-pyrrole nitrogens is 1. The second-order valence-corrected chi connectivity index (χ2v) is 18.5. The molecule has 60 heavy (non-hydrogen) atoms. The first-order valence-electron chi connectivity index (χ1n) is 21.4. The maximum atomic E-state index is 15.3. The maximum absolute atomic E-state index is 15.3. The summed E-state index contributed by atoms with van der Waals surface area (Å²) in [5.41, 5.74) is -2.66. The van der Waals surface area contributed by atoms with Crippen LogP contribution in [-0.4, -0.2) is 128 Å². The third kappa shape index (κ3) is 5.26. The lowest BCUT2D eigenvalue weighted by atomic mass is 9.47. The number of benzene rings is 2. The Bertz CT molecular complexity index is 2320. The van der Waals surface area contributed by atoms with Crippen molar-refractivity contribution < 1.29 is 52.8 Å². The Morgan fingerprint density at radius 2 is 1.78 bits per heavy atom. The minimum absolute atomic E-state index is 0.172. The molecule has 6 heterocycles. The lowest BCUT2D eigenvalue weighted by Gasteiger charge is -2.61. The van der Waals surface area contributed by atoms with E-state index >= 15 is 9.18 Å². The van der Waals surface area contributed by atoms with Crippen LogP contribution in [0.1, 0.15) is 75.3 Å². The summed E-state index contributed by atoms with van der Waals surface area (Å²) in [5.74, 6) is -2.23. The number of likely N-dealkylation sites (N-methyl/N-ethyl adjacent to an activating group) is 1. The van der Waals surface area contributed by atoms with E-state index in [9.17, 15) is 19.8 Å². The van der Waals surface area contributed by atoms with Gasteiger partial charge in [-0.2, -0.15) is 0 Å². The summed E-state index contributed by atoms with van der Waals surface area (Å²) in [6.45, 7) is 8.46. The molecule has 14 heteroatoms. The van der Waals surface area contributed by atoms with Crippen molar-refractivity contribution in [2.45, 2.75) is 99.5 Å². The highest BCUT2D eigenvalue weighted by Crippen LogP contribution is 2.65. The number of piperidine rings is 1. The van der Waals surface area contributed by atoms with E-state index in [0.29, 0.717) is 93.0 Å². The number of aromatic nitrogens is 1. The largest absolute Gasteiger partial charge is 0.496 e. The van der Waals surface area contributed by atoms with Gasteiger partial charge in [0.1, 0.15) is 23.0 Å². The van der Waals surface area contributed by atoms with E-state index in [2.05, 4.69) is 16.0 Å². The smallest absolute Gasteiger partial charge is 0.344 e. The van der Waals surface area contributed by atoms with E-state index in [1.807, 2.05) is 44.0 Å². The van der Waals surface area contributed by atoms with Gasteiger partial charge in [0.25, 0.3) is 0 Å². The molecule has 0 radical (unpaired) electrons. The van der Waals surface area contributed by atoms with Crippen LogP contribution in [0.4, 0.5) is 10.1 Å². The van der Waals surface area contributed by atoms with Gasteiger partial charge in [0.05, 0.1) is 56.9 Å². The van der Waals surface area contributed by atoms with Gasteiger partial charge in [-0.1, -0.05) is 19.9 Å². The highest BCUT2D eigenvalue weighted by Gasteiger charge is 2.82. The molecule has 2 bridgehead atoms. The minimum atomic E-state index is -2.33. The second-order valence-electron chi connectivity index (χ2n) is 18.5. The summed E-state index contributed by atoms with van der Waals surface area (Å²) in [5, 5.41) is 26.1. The first kappa shape index (κ1) is 40.9. The molecule has 1 spiro atoms. The van der Waals surface area contributed by atoms with Crippen molar-refractivity contribution in [1.29, 1.82) is 0 Å². The lowest BCUT2D eigenvalue weighted by Crippen LogP contribution is -3.18. The number of rotatable bonds is 7. The van der Waals surface area contributed by atoms with Crippen LogP contribution in [0.25, 0.3) is 10.9 Å². The van der Waals surface area contributed by atoms with Crippen LogP contribution in [0.5, 0.6) is 5.75 Å². The van der Waals surface area contributed by atoms with Gasteiger partial charge < -0.3 is 43.9 Å². The topological polar surface area (TPSA) is 155 Å². The number of carbonyl (C=O) groups excluding carboxylic acids is 3. The lowest BCUT2D eigenvalue weighted by molar-refractivity contribution is -0.920. The highest BCUT2D eigenvalue weighted by molar-refractivity contribution is 5.95. The van der Waals surface area contributed by atoms with E-state index in [1.165, 1.54) is 38.2 Å². The van der Waals surface area contributed by atoms with E-state index in [0.717, 1.165) is 16.5 Å². The van der Waals surface area contributed by atoms with Crippen molar-refractivity contribution in [2.24, 2.45) is 11.3 Å². The van der Waals surface area contributed by atoms with Crippen molar-refractivity contribution in [3.63, 3.8) is 0 Å². The molecule has 0 amide bonds. The molecule has 1 saturated carbocycles.